The fraction of sp³-hybridized carbons (Fsp3) is 0.250. The van der Waals surface area contributed by atoms with E-state index >= 15 is 0 Å². The molecule has 0 atom stereocenters. The van der Waals surface area contributed by atoms with Crippen LogP contribution >= 0.6 is 0 Å². The Bertz CT molecular complexity index is 1210. The molecule has 2 heterocycles. The molecule has 0 saturated carbocycles. The van der Waals surface area contributed by atoms with E-state index in [0.717, 1.165) is 17.0 Å². The van der Waals surface area contributed by atoms with Gasteiger partial charge < -0.3 is 15.8 Å². The Morgan fingerprint density at radius 3 is 2.43 bits per heavy atom. The number of nitrogens with two attached hydrogens (primary N) is 1. The molecule has 184 valence electrons. The normalized spacial score (nSPS) is 11.3. The van der Waals surface area contributed by atoms with Gasteiger partial charge in [0.2, 0.25) is 0 Å². The lowest BCUT2D eigenvalue weighted by Gasteiger charge is -2.25. The van der Waals surface area contributed by atoms with Crippen molar-refractivity contribution >= 4 is 29.0 Å². The summed E-state index contributed by atoms with van der Waals surface area (Å²) in [6.07, 6.45) is -2.80. The maximum absolute atomic E-state index is 13.3. The second-order valence-electron chi connectivity index (χ2n) is 7.94. The van der Waals surface area contributed by atoms with Crippen LogP contribution in [0.25, 0.3) is 0 Å². The van der Waals surface area contributed by atoms with Gasteiger partial charge in [-0.2, -0.15) is 13.2 Å². The van der Waals surface area contributed by atoms with Gasteiger partial charge in [-0.15, -0.1) is 0 Å². The molecule has 2 aromatic heterocycles. The van der Waals surface area contributed by atoms with Crippen LogP contribution in [-0.2, 0) is 22.3 Å². The highest BCUT2D eigenvalue weighted by Gasteiger charge is 2.31. The van der Waals surface area contributed by atoms with Crippen LogP contribution < -0.4 is 20.7 Å². The summed E-state index contributed by atoms with van der Waals surface area (Å²) in [7, 11) is 0. The maximum atomic E-state index is 13.3. The van der Waals surface area contributed by atoms with Crippen LogP contribution in [-0.4, -0.2) is 27.9 Å². The fourth-order valence-corrected chi connectivity index (χ4v) is 3.11. The third-order valence-electron chi connectivity index (χ3n) is 4.81. The van der Waals surface area contributed by atoms with Crippen LogP contribution in [0, 0.1) is 6.92 Å². The number of rotatable bonds is 6. The number of halogens is 3. The van der Waals surface area contributed by atoms with Gasteiger partial charge >= 0.3 is 18.0 Å². The first-order valence-electron chi connectivity index (χ1n) is 10.6. The highest BCUT2D eigenvalue weighted by atomic mass is 19.4. The summed E-state index contributed by atoms with van der Waals surface area (Å²) in [5, 5.41) is 2.48. The summed E-state index contributed by atoms with van der Waals surface area (Å²) >= 11 is 0. The number of aromatic nitrogens is 2. The molecular weight excluding hydrogens is 463 g/mol. The van der Waals surface area contributed by atoms with Crippen molar-refractivity contribution in [2.24, 2.45) is 0 Å². The van der Waals surface area contributed by atoms with Crippen LogP contribution in [0.5, 0.6) is 5.75 Å². The first-order chi connectivity index (χ1) is 16.5. The molecule has 0 fully saturated rings. The molecule has 3 rings (SSSR count). The quantitative estimate of drug-likeness (QED) is 0.501. The highest BCUT2D eigenvalue weighted by molar-refractivity contribution is 6.44. The van der Waals surface area contributed by atoms with E-state index in [1.807, 2.05) is 0 Å². The highest BCUT2D eigenvalue weighted by Crippen LogP contribution is 2.32. The Kier molecular flexibility index (Phi) is 7.58. The first-order valence-corrected chi connectivity index (χ1v) is 10.6. The van der Waals surface area contributed by atoms with Gasteiger partial charge in [0, 0.05) is 6.20 Å². The van der Waals surface area contributed by atoms with Gasteiger partial charge in [-0.05, 0) is 56.7 Å². The molecule has 8 nitrogen and oxygen atoms in total. The first kappa shape index (κ1) is 25.5. The van der Waals surface area contributed by atoms with Crippen molar-refractivity contribution in [1.82, 2.24) is 9.97 Å². The van der Waals surface area contributed by atoms with Gasteiger partial charge in [0.25, 0.3) is 0 Å². The van der Waals surface area contributed by atoms with E-state index in [2.05, 4.69) is 15.3 Å². The second kappa shape index (κ2) is 10.4. The number of ether oxygens (including phenoxy) is 1. The number of hydrogen-bond donors (Lipinski definition) is 2. The van der Waals surface area contributed by atoms with E-state index < -0.39 is 23.6 Å². The van der Waals surface area contributed by atoms with Gasteiger partial charge in [-0.3, -0.25) is 19.5 Å². The number of para-hydroxylation sites is 2. The number of aryl methyl sites for hydroxylation is 1. The van der Waals surface area contributed by atoms with Crippen molar-refractivity contribution in [1.29, 1.82) is 0 Å². The van der Waals surface area contributed by atoms with Gasteiger partial charge in [0.15, 0.2) is 0 Å². The molecule has 3 aromatic rings. The Labute approximate surface area is 199 Å². The lowest BCUT2D eigenvalue weighted by Crippen LogP contribution is -2.40. The van der Waals surface area contributed by atoms with E-state index in [4.69, 9.17) is 10.5 Å². The van der Waals surface area contributed by atoms with Crippen molar-refractivity contribution in [3.8, 4) is 5.75 Å². The topological polar surface area (TPSA) is 110 Å². The molecule has 3 N–H and O–H groups in total. The van der Waals surface area contributed by atoms with E-state index in [1.54, 1.807) is 51.1 Å². The number of carbonyl (C=O) groups excluding carboxylic acids is 2. The Balaban J connectivity index is 1.95. The second-order valence-corrected chi connectivity index (χ2v) is 7.94. The van der Waals surface area contributed by atoms with Gasteiger partial charge in [0.1, 0.15) is 11.6 Å². The minimum Gasteiger partial charge on any atom is -0.489 e. The van der Waals surface area contributed by atoms with E-state index in [9.17, 15) is 22.8 Å². The van der Waals surface area contributed by atoms with Gasteiger partial charge in [-0.25, -0.2) is 4.98 Å². The van der Waals surface area contributed by atoms with Gasteiger partial charge in [-0.1, -0.05) is 12.1 Å². The zero-order chi connectivity index (χ0) is 25.8. The summed E-state index contributed by atoms with van der Waals surface area (Å²) in [6, 6.07) is 10.1. The number of nitrogen functional groups attached to an aromatic ring is 1. The molecular formula is C24H24F3N5O3. The summed E-state index contributed by atoms with van der Waals surface area (Å²) < 4.78 is 44.6. The Hall–Kier alpha value is -4.15. The summed E-state index contributed by atoms with van der Waals surface area (Å²) in [4.78, 5) is 35.0. The molecule has 35 heavy (non-hydrogen) atoms. The van der Waals surface area contributed by atoms with Crippen molar-refractivity contribution in [3.05, 3.63) is 71.7 Å². The predicted molar refractivity (Wildman–Crippen MR) is 125 cm³/mol. The smallest absolute Gasteiger partial charge is 0.417 e. The molecule has 1 aromatic carbocycles. The molecule has 0 spiro atoms. The Morgan fingerprint density at radius 1 is 1.11 bits per heavy atom. The minimum absolute atomic E-state index is 0.142. The van der Waals surface area contributed by atoms with Crippen LogP contribution in [0.2, 0.25) is 0 Å². The number of nitrogens with zero attached hydrogens (tertiary/aromatic N) is 3. The number of nitrogens with one attached hydrogen (secondary N) is 1. The summed E-state index contributed by atoms with van der Waals surface area (Å²) in [6.45, 7) is 5.01. The van der Waals surface area contributed by atoms with Crippen molar-refractivity contribution < 1.29 is 27.5 Å². The van der Waals surface area contributed by atoms with Gasteiger partial charge in [0.05, 0.1) is 41.5 Å². The maximum Gasteiger partial charge on any atom is 0.417 e. The number of hydrogen-bond acceptors (Lipinski definition) is 6. The molecule has 11 heteroatoms. The Morgan fingerprint density at radius 2 is 1.83 bits per heavy atom. The lowest BCUT2D eigenvalue weighted by molar-refractivity contribution is -0.137. The fourth-order valence-electron chi connectivity index (χ4n) is 3.11. The largest absolute Gasteiger partial charge is 0.489 e. The molecule has 0 saturated heterocycles. The third kappa shape index (κ3) is 6.46. The van der Waals surface area contributed by atoms with E-state index in [0.29, 0.717) is 17.5 Å². The SMILES string of the molecule is Cc1cc(NC(=O)C(=O)N(Cc2ccc(C(F)(F)F)cn2)c2ccccc2OC(C)C)cnc1N. The minimum atomic E-state index is -4.55. The number of pyridine rings is 2. The van der Waals surface area contributed by atoms with E-state index in [1.165, 1.54) is 6.20 Å². The number of amides is 2. The molecule has 0 aliphatic heterocycles. The van der Waals surface area contributed by atoms with Crippen LogP contribution in [0.1, 0.15) is 30.7 Å². The number of carbonyl (C=O) groups is 2. The third-order valence-corrected chi connectivity index (χ3v) is 4.81. The zero-order valence-corrected chi connectivity index (χ0v) is 19.3. The van der Waals surface area contributed by atoms with Crippen LogP contribution in [0.15, 0.2) is 54.9 Å². The monoisotopic (exact) mass is 487 g/mol. The molecule has 0 unspecified atom stereocenters. The van der Waals surface area contributed by atoms with Crippen LogP contribution in [0.4, 0.5) is 30.4 Å². The average molecular weight is 487 g/mol. The van der Waals surface area contributed by atoms with Crippen molar-refractivity contribution in [2.75, 3.05) is 16.0 Å². The summed E-state index contributed by atoms with van der Waals surface area (Å²) in [5.74, 6) is -1.35. The lowest BCUT2D eigenvalue weighted by atomic mass is 10.2. The van der Waals surface area contributed by atoms with Crippen molar-refractivity contribution in [2.45, 2.75) is 39.6 Å². The van der Waals surface area contributed by atoms with Crippen LogP contribution in [0.3, 0.4) is 0 Å². The van der Waals surface area contributed by atoms with E-state index in [-0.39, 0.29) is 35.5 Å². The van der Waals surface area contributed by atoms with Crippen molar-refractivity contribution in [3.63, 3.8) is 0 Å². The number of alkyl halides is 3. The summed E-state index contributed by atoms with van der Waals surface area (Å²) in [5.41, 5.74) is 6.04. The number of benzene rings is 1. The molecule has 0 radical (unpaired) electrons. The molecule has 0 aliphatic carbocycles. The predicted octanol–water partition coefficient (Wildman–Crippen LogP) is 4.35. The number of anilines is 3. The average Bonchev–Trinajstić information content (AvgIpc) is 2.79. The standard InChI is InChI=1S/C24H24F3N5O3/c1-14(2)35-20-7-5-4-6-19(20)32(13-17-9-8-16(11-29-17)24(25,26)27)23(34)22(33)31-18-10-15(3)21(28)30-12-18/h4-12,14H,13H2,1-3H3,(H2,28,30)(H,31,33). The zero-order valence-electron chi connectivity index (χ0n) is 19.3. The molecule has 0 bridgehead atoms. The molecule has 0 aliphatic rings. The molecule has 2 amide bonds.